The van der Waals surface area contributed by atoms with Crippen molar-refractivity contribution < 1.29 is 5.11 Å². The van der Waals surface area contributed by atoms with E-state index in [-0.39, 0.29) is 11.5 Å². The molecule has 0 aliphatic heterocycles. The average Bonchev–Trinajstić information content (AvgIpc) is 2.61. The summed E-state index contributed by atoms with van der Waals surface area (Å²) in [6.45, 7) is 6.11. The Balaban J connectivity index is 2.16. The number of nitrogens with zero attached hydrogens (tertiary/aromatic N) is 2. The number of thiazole rings is 1. The summed E-state index contributed by atoms with van der Waals surface area (Å²) in [5.74, 6) is 0. The van der Waals surface area contributed by atoms with Crippen LogP contribution in [0.4, 0.5) is 0 Å². The van der Waals surface area contributed by atoms with Crippen LogP contribution in [0.15, 0.2) is 17.8 Å². The van der Waals surface area contributed by atoms with Crippen LogP contribution in [0.1, 0.15) is 26.5 Å². The van der Waals surface area contributed by atoms with Crippen molar-refractivity contribution in [3.8, 4) is 0 Å². The molecule has 82 valence electrons. The van der Waals surface area contributed by atoms with Crippen LogP contribution in [0.25, 0.3) is 4.96 Å². The second-order valence-corrected chi connectivity index (χ2v) is 5.78. The maximum absolute atomic E-state index is 9.96. The van der Waals surface area contributed by atoms with Gasteiger partial charge in [-0.3, -0.25) is 4.40 Å². The molecular formula is C11H16N2OS. The predicted molar refractivity (Wildman–Crippen MR) is 62.2 cm³/mol. The Bertz CT molecular complexity index is 424. The lowest BCUT2D eigenvalue weighted by atomic mass is 9.87. The summed E-state index contributed by atoms with van der Waals surface area (Å²) in [7, 11) is 0. The van der Waals surface area contributed by atoms with Gasteiger partial charge in [0.25, 0.3) is 0 Å². The highest BCUT2D eigenvalue weighted by Gasteiger charge is 2.23. The van der Waals surface area contributed by atoms with E-state index in [2.05, 4.69) is 4.98 Å². The first-order chi connectivity index (χ1) is 6.97. The number of aliphatic hydroxyl groups excluding tert-OH is 1. The van der Waals surface area contributed by atoms with Gasteiger partial charge >= 0.3 is 0 Å². The second kappa shape index (κ2) is 3.61. The molecule has 1 unspecified atom stereocenters. The van der Waals surface area contributed by atoms with Crippen LogP contribution in [-0.2, 0) is 6.42 Å². The van der Waals surface area contributed by atoms with E-state index in [1.807, 2.05) is 42.9 Å². The van der Waals surface area contributed by atoms with E-state index in [0.29, 0.717) is 6.42 Å². The van der Waals surface area contributed by atoms with Gasteiger partial charge in [-0.05, 0) is 5.41 Å². The van der Waals surface area contributed by atoms with Gasteiger partial charge in [0.15, 0.2) is 4.96 Å². The summed E-state index contributed by atoms with van der Waals surface area (Å²) in [6.07, 6.45) is 4.25. The van der Waals surface area contributed by atoms with Crippen molar-refractivity contribution in [3.05, 3.63) is 23.5 Å². The fourth-order valence-electron chi connectivity index (χ4n) is 1.38. The van der Waals surface area contributed by atoms with Gasteiger partial charge in [0.2, 0.25) is 0 Å². The van der Waals surface area contributed by atoms with Gasteiger partial charge in [-0.2, -0.15) is 0 Å². The lowest BCUT2D eigenvalue weighted by Crippen LogP contribution is -2.28. The molecule has 4 heteroatoms. The van der Waals surface area contributed by atoms with Gasteiger partial charge in [-0.1, -0.05) is 20.8 Å². The highest BCUT2D eigenvalue weighted by molar-refractivity contribution is 7.15. The first-order valence-corrected chi connectivity index (χ1v) is 5.94. The molecule has 3 nitrogen and oxygen atoms in total. The van der Waals surface area contributed by atoms with E-state index < -0.39 is 0 Å². The van der Waals surface area contributed by atoms with Gasteiger partial charge in [-0.25, -0.2) is 4.98 Å². The fourth-order valence-corrected chi connectivity index (χ4v) is 2.10. The minimum absolute atomic E-state index is 0.0863. The third kappa shape index (κ3) is 2.21. The molecule has 0 saturated carbocycles. The van der Waals surface area contributed by atoms with E-state index in [4.69, 9.17) is 0 Å². The molecule has 0 amide bonds. The van der Waals surface area contributed by atoms with Crippen molar-refractivity contribution in [2.24, 2.45) is 5.41 Å². The summed E-state index contributed by atoms with van der Waals surface area (Å²) >= 11 is 1.61. The third-order valence-corrected chi connectivity index (χ3v) is 3.32. The molecule has 2 rings (SSSR count). The number of imidazole rings is 1. The number of fused-ring (bicyclic) bond motifs is 1. The summed E-state index contributed by atoms with van der Waals surface area (Å²) < 4.78 is 2.00. The predicted octanol–water partition coefficient (Wildman–Crippen LogP) is 2.35. The molecular weight excluding hydrogens is 208 g/mol. The Kier molecular flexibility index (Phi) is 2.56. The maximum Gasteiger partial charge on any atom is 0.193 e. The topological polar surface area (TPSA) is 37.5 Å². The van der Waals surface area contributed by atoms with Gasteiger partial charge in [0, 0.05) is 24.2 Å². The standard InChI is InChI=1S/C11H16N2OS/c1-11(2,3)9(14)6-8-7-13-4-5-15-10(13)12-8/h4-5,7,9,14H,6H2,1-3H3. The average molecular weight is 224 g/mol. The Morgan fingerprint density at radius 1 is 1.53 bits per heavy atom. The molecule has 0 aliphatic rings. The van der Waals surface area contributed by atoms with E-state index in [1.165, 1.54) is 0 Å². The number of hydrogen-bond acceptors (Lipinski definition) is 3. The van der Waals surface area contributed by atoms with Crippen LogP contribution in [0.5, 0.6) is 0 Å². The molecule has 2 aromatic rings. The van der Waals surface area contributed by atoms with E-state index in [9.17, 15) is 5.11 Å². The number of aromatic nitrogens is 2. The molecule has 0 radical (unpaired) electrons. The first kappa shape index (κ1) is 10.6. The van der Waals surface area contributed by atoms with E-state index in [0.717, 1.165) is 10.7 Å². The minimum Gasteiger partial charge on any atom is -0.392 e. The zero-order valence-electron chi connectivity index (χ0n) is 9.27. The quantitative estimate of drug-likeness (QED) is 0.850. The SMILES string of the molecule is CC(C)(C)C(O)Cc1cn2ccsc2n1. The maximum atomic E-state index is 9.96. The Labute approximate surface area is 93.4 Å². The molecule has 15 heavy (non-hydrogen) atoms. The molecule has 2 aromatic heterocycles. The number of rotatable bonds is 2. The van der Waals surface area contributed by atoms with Crippen LogP contribution in [0.2, 0.25) is 0 Å². The van der Waals surface area contributed by atoms with Crippen molar-refractivity contribution in [2.45, 2.75) is 33.3 Å². The van der Waals surface area contributed by atoms with Gasteiger partial charge in [0.1, 0.15) is 0 Å². The molecule has 0 fully saturated rings. The lowest BCUT2D eigenvalue weighted by Gasteiger charge is -2.24. The molecule has 0 bridgehead atoms. The Morgan fingerprint density at radius 3 is 2.87 bits per heavy atom. The van der Waals surface area contributed by atoms with Crippen LogP contribution in [0.3, 0.4) is 0 Å². The molecule has 0 saturated heterocycles. The molecule has 0 aromatic carbocycles. The first-order valence-electron chi connectivity index (χ1n) is 5.06. The van der Waals surface area contributed by atoms with Crippen molar-refractivity contribution in [1.29, 1.82) is 0 Å². The zero-order valence-corrected chi connectivity index (χ0v) is 10.1. The van der Waals surface area contributed by atoms with E-state index >= 15 is 0 Å². The fraction of sp³-hybridized carbons (Fsp3) is 0.545. The molecule has 1 N–H and O–H groups in total. The normalized spacial score (nSPS) is 14.7. The van der Waals surface area contributed by atoms with Crippen LogP contribution >= 0.6 is 11.3 Å². The van der Waals surface area contributed by atoms with Crippen LogP contribution in [-0.4, -0.2) is 20.6 Å². The van der Waals surface area contributed by atoms with Gasteiger partial charge in [-0.15, -0.1) is 11.3 Å². The van der Waals surface area contributed by atoms with Gasteiger partial charge in [0.05, 0.1) is 11.8 Å². The third-order valence-electron chi connectivity index (χ3n) is 2.55. The smallest absolute Gasteiger partial charge is 0.193 e. The van der Waals surface area contributed by atoms with Crippen molar-refractivity contribution in [2.75, 3.05) is 0 Å². The van der Waals surface area contributed by atoms with Crippen LogP contribution in [0, 0.1) is 5.41 Å². The monoisotopic (exact) mass is 224 g/mol. The van der Waals surface area contributed by atoms with Crippen molar-refractivity contribution in [3.63, 3.8) is 0 Å². The molecule has 2 heterocycles. The van der Waals surface area contributed by atoms with Crippen molar-refractivity contribution >= 4 is 16.3 Å². The zero-order chi connectivity index (χ0) is 11.1. The summed E-state index contributed by atoms with van der Waals surface area (Å²) in [4.78, 5) is 5.44. The van der Waals surface area contributed by atoms with Crippen molar-refractivity contribution in [1.82, 2.24) is 9.38 Å². The molecule has 0 aliphatic carbocycles. The van der Waals surface area contributed by atoms with Gasteiger partial charge < -0.3 is 5.11 Å². The molecule has 1 atom stereocenters. The Hall–Kier alpha value is -0.870. The number of hydrogen-bond donors (Lipinski definition) is 1. The van der Waals surface area contributed by atoms with Crippen LogP contribution < -0.4 is 0 Å². The van der Waals surface area contributed by atoms with E-state index in [1.54, 1.807) is 11.3 Å². The second-order valence-electron chi connectivity index (χ2n) is 4.91. The molecule has 0 spiro atoms. The summed E-state index contributed by atoms with van der Waals surface area (Å²) in [5, 5.41) is 12.0. The largest absolute Gasteiger partial charge is 0.392 e. The highest BCUT2D eigenvalue weighted by Crippen LogP contribution is 2.22. The number of aliphatic hydroxyl groups is 1. The highest BCUT2D eigenvalue weighted by atomic mass is 32.1. The summed E-state index contributed by atoms with van der Waals surface area (Å²) in [5.41, 5.74) is 0.876. The lowest BCUT2D eigenvalue weighted by molar-refractivity contribution is 0.0629. The Morgan fingerprint density at radius 2 is 2.27 bits per heavy atom. The minimum atomic E-state index is -0.345. The summed E-state index contributed by atoms with van der Waals surface area (Å²) in [6, 6.07) is 0.